The van der Waals surface area contributed by atoms with Gasteiger partial charge in [0.2, 0.25) is 6.10 Å². The molecule has 0 saturated heterocycles. The number of hydrogen-bond acceptors (Lipinski definition) is 6. The molecule has 1 aromatic heterocycles. The Labute approximate surface area is 165 Å². The molecule has 0 fully saturated rings. The Morgan fingerprint density at radius 3 is 2.82 bits per heavy atom. The summed E-state index contributed by atoms with van der Waals surface area (Å²) in [5, 5.41) is 11.3. The van der Waals surface area contributed by atoms with Crippen molar-refractivity contribution in [3.63, 3.8) is 0 Å². The van der Waals surface area contributed by atoms with E-state index in [9.17, 15) is 14.7 Å². The summed E-state index contributed by atoms with van der Waals surface area (Å²) in [7, 11) is 0. The molecule has 1 aliphatic heterocycles. The minimum Gasteiger partial charge on any atom is -0.508 e. The van der Waals surface area contributed by atoms with Crippen molar-refractivity contribution in [3.05, 3.63) is 69.0 Å². The van der Waals surface area contributed by atoms with Gasteiger partial charge in [0.1, 0.15) is 17.1 Å². The summed E-state index contributed by atoms with van der Waals surface area (Å²) in [6.07, 6.45) is -0.497. The molecule has 0 amide bonds. The number of hydrogen-bond donors (Lipinski definition) is 1. The summed E-state index contributed by atoms with van der Waals surface area (Å²) in [6.45, 7) is 2.10. The van der Waals surface area contributed by atoms with Crippen LogP contribution in [0.5, 0.6) is 11.5 Å². The maximum Gasteiger partial charge on any atom is 0.348 e. The Morgan fingerprint density at radius 1 is 1.25 bits per heavy atom. The number of para-hydroxylation sites is 1. The number of fused-ring (bicyclic) bond motifs is 3. The zero-order chi connectivity index (χ0) is 19.8. The van der Waals surface area contributed by atoms with Gasteiger partial charge in [0.25, 0.3) is 0 Å². The number of esters is 1. The zero-order valence-electron chi connectivity index (χ0n) is 15.0. The Bertz CT molecular complexity index is 1120. The molecule has 7 heteroatoms. The van der Waals surface area contributed by atoms with E-state index < -0.39 is 23.6 Å². The maximum absolute atomic E-state index is 12.8. The number of benzene rings is 2. The normalized spacial score (nSPS) is 17.9. The van der Waals surface area contributed by atoms with Crippen LogP contribution in [0.1, 0.15) is 30.4 Å². The van der Waals surface area contributed by atoms with Crippen LogP contribution in [0, 0.1) is 0 Å². The highest BCUT2D eigenvalue weighted by atomic mass is 35.5. The van der Waals surface area contributed by atoms with Crippen molar-refractivity contribution in [1.29, 1.82) is 0 Å². The molecular formula is C21H17ClO6. The largest absolute Gasteiger partial charge is 0.508 e. The summed E-state index contributed by atoms with van der Waals surface area (Å²) in [6, 6.07) is 11.3. The van der Waals surface area contributed by atoms with Gasteiger partial charge in [0.05, 0.1) is 23.5 Å². The number of phenolic OH excluding ortho intramolecular Hbond substituents is 1. The molecule has 0 radical (unpaired) electrons. The molecule has 2 aromatic carbocycles. The lowest BCUT2D eigenvalue weighted by molar-refractivity contribution is -0.151. The van der Waals surface area contributed by atoms with E-state index in [1.165, 1.54) is 18.2 Å². The van der Waals surface area contributed by atoms with Crippen molar-refractivity contribution in [1.82, 2.24) is 0 Å². The van der Waals surface area contributed by atoms with Gasteiger partial charge in [-0.3, -0.25) is 0 Å². The molecule has 144 valence electrons. The third-order valence-electron chi connectivity index (χ3n) is 4.66. The van der Waals surface area contributed by atoms with Crippen LogP contribution in [0.2, 0.25) is 5.02 Å². The standard InChI is InChI=1S/C21H17ClO6/c1-2-9-26-21(25)19-16(13-10-11(22)7-8-14(13)23)17-18(28-19)12-5-3-4-6-15(12)27-20(17)24/h3-8,10,16,19,23H,2,9H2,1H3/t16-,19-/m1/s1. The second kappa shape index (κ2) is 7.20. The van der Waals surface area contributed by atoms with Gasteiger partial charge in [-0.1, -0.05) is 30.7 Å². The SMILES string of the molecule is CCCOC(=O)[C@@H]1Oc2c(c(=O)oc3ccccc23)[C@H]1c1cc(Cl)ccc1O. The molecule has 28 heavy (non-hydrogen) atoms. The Kier molecular flexibility index (Phi) is 4.73. The second-order valence-corrected chi connectivity index (χ2v) is 6.95. The summed E-state index contributed by atoms with van der Waals surface area (Å²) < 4.78 is 16.6. The minimum absolute atomic E-state index is 0.105. The predicted molar refractivity (Wildman–Crippen MR) is 103 cm³/mol. The maximum atomic E-state index is 12.8. The van der Waals surface area contributed by atoms with Gasteiger partial charge in [-0.15, -0.1) is 0 Å². The van der Waals surface area contributed by atoms with E-state index >= 15 is 0 Å². The first-order valence-corrected chi connectivity index (χ1v) is 9.26. The van der Waals surface area contributed by atoms with Gasteiger partial charge in [0, 0.05) is 10.6 Å². The molecule has 0 unspecified atom stereocenters. The van der Waals surface area contributed by atoms with E-state index in [0.29, 0.717) is 28.0 Å². The average Bonchev–Trinajstić information content (AvgIpc) is 3.09. The van der Waals surface area contributed by atoms with E-state index in [0.717, 1.165) is 0 Å². The van der Waals surface area contributed by atoms with Crippen molar-refractivity contribution >= 4 is 28.5 Å². The molecule has 2 atom stereocenters. The lowest BCUT2D eigenvalue weighted by Gasteiger charge is -2.18. The summed E-state index contributed by atoms with van der Waals surface area (Å²) in [4.78, 5) is 25.5. The van der Waals surface area contributed by atoms with Gasteiger partial charge in [0.15, 0.2) is 0 Å². The molecule has 3 aromatic rings. The van der Waals surface area contributed by atoms with Gasteiger partial charge in [-0.05, 0) is 36.8 Å². The molecule has 0 spiro atoms. The fraction of sp³-hybridized carbons (Fsp3) is 0.238. The highest BCUT2D eigenvalue weighted by molar-refractivity contribution is 6.30. The lowest BCUT2D eigenvalue weighted by atomic mass is 9.88. The first-order chi connectivity index (χ1) is 13.5. The first kappa shape index (κ1) is 18.4. The quantitative estimate of drug-likeness (QED) is 0.526. The van der Waals surface area contributed by atoms with Crippen LogP contribution in [0.15, 0.2) is 51.7 Å². The molecule has 0 bridgehead atoms. The number of phenols is 1. The van der Waals surface area contributed by atoms with Gasteiger partial charge >= 0.3 is 11.6 Å². The van der Waals surface area contributed by atoms with E-state index in [2.05, 4.69) is 0 Å². The average molecular weight is 401 g/mol. The van der Waals surface area contributed by atoms with Crippen LogP contribution in [-0.4, -0.2) is 23.8 Å². The van der Waals surface area contributed by atoms with E-state index in [1.54, 1.807) is 24.3 Å². The predicted octanol–water partition coefficient (Wildman–Crippen LogP) is 4.00. The Hall–Kier alpha value is -2.99. The number of carbonyl (C=O) groups excluding carboxylic acids is 1. The molecule has 2 heterocycles. The number of ether oxygens (including phenoxy) is 2. The fourth-order valence-corrected chi connectivity index (χ4v) is 3.62. The van der Waals surface area contributed by atoms with Crippen LogP contribution in [0.3, 0.4) is 0 Å². The molecule has 6 nitrogen and oxygen atoms in total. The summed E-state index contributed by atoms with van der Waals surface area (Å²) in [5.41, 5.74) is 0.175. The van der Waals surface area contributed by atoms with Crippen molar-refractivity contribution in [2.75, 3.05) is 6.61 Å². The Balaban J connectivity index is 1.95. The molecule has 1 N–H and O–H groups in total. The number of halogens is 1. The van der Waals surface area contributed by atoms with Crippen molar-refractivity contribution in [3.8, 4) is 11.5 Å². The highest BCUT2D eigenvalue weighted by Gasteiger charge is 2.46. The van der Waals surface area contributed by atoms with E-state index in [4.69, 9.17) is 25.5 Å². The van der Waals surface area contributed by atoms with Gasteiger partial charge in [-0.25, -0.2) is 9.59 Å². The third kappa shape index (κ3) is 2.99. The van der Waals surface area contributed by atoms with Crippen LogP contribution in [-0.2, 0) is 9.53 Å². The highest BCUT2D eigenvalue weighted by Crippen LogP contribution is 2.47. The Morgan fingerprint density at radius 2 is 2.04 bits per heavy atom. The molecule has 1 aliphatic rings. The minimum atomic E-state index is -1.14. The van der Waals surface area contributed by atoms with Crippen LogP contribution < -0.4 is 10.4 Å². The number of aromatic hydroxyl groups is 1. The van der Waals surface area contributed by atoms with Crippen molar-refractivity contribution < 1.29 is 23.8 Å². The topological polar surface area (TPSA) is 86.0 Å². The van der Waals surface area contributed by atoms with Crippen molar-refractivity contribution in [2.24, 2.45) is 0 Å². The number of rotatable bonds is 4. The van der Waals surface area contributed by atoms with E-state index in [1.807, 2.05) is 6.92 Å². The summed E-state index contributed by atoms with van der Waals surface area (Å²) in [5.74, 6) is -1.37. The van der Waals surface area contributed by atoms with Gasteiger partial charge in [-0.2, -0.15) is 0 Å². The van der Waals surface area contributed by atoms with Crippen LogP contribution in [0.4, 0.5) is 0 Å². The molecule has 0 aliphatic carbocycles. The zero-order valence-corrected chi connectivity index (χ0v) is 15.7. The lowest BCUT2D eigenvalue weighted by Crippen LogP contribution is -2.32. The smallest absolute Gasteiger partial charge is 0.348 e. The molecule has 0 saturated carbocycles. The fourth-order valence-electron chi connectivity index (χ4n) is 3.44. The first-order valence-electron chi connectivity index (χ1n) is 8.88. The third-order valence-corrected chi connectivity index (χ3v) is 4.90. The molecule has 4 rings (SSSR count). The molecular weight excluding hydrogens is 384 g/mol. The number of carbonyl (C=O) groups is 1. The van der Waals surface area contributed by atoms with Crippen LogP contribution in [0.25, 0.3) is 11.0 Å². The van der Waals surface area contributed by atoms with Crippen molar-refractivity contribution in [2.45, 2.75) is 25.4 Å². The summed E-state index contributed by atoms with van der Waals surface area (Å²) >= 11 is 6.10. The van der Waals surface area contributed by atoms with Crippen LogP contribution >= 0.6 is 11.6 Å². The van der Waals surface area contributed by atoms with E-state index in [-0.39, 0.29) is 23.7 Å². The second-order valence-electron chi connectivity index (χ2n) is 6.52. The van der Waals surface area contributed by atoms with Gasteiger partial charge < -0.3 is 19.0 Å². The monoisotopic (exact) mass is 400 g/mol.